The monoisotopic (exact) mass is 305 g/mol. The largest absolute Gasteiger partial charge is 0.366 e. The number of nitrogens with one attached hydrogen (secondary N) is 1. The number of nitrogens with two attached hydrogens (primary N) is 1. The van der Waals surface area contributed by atoms with E-state index in [1.807, 2.05) is 18.2 Å². The molecule has 0 aliphatic heterocycles. The van der Waals surface area contributed by atoms with Crippen molar-refractivity contribution >= 4 is 22.6 Å². The number of ketones is 1. The maximum Gasteiger partial charge on any atom is 0.250 e. The smallest absolute Gasteiger partial charge is 0.250 e. The third-order valence-electron chi connectivity index (χ3n) is 3.70. The second kappa shape index (κ2) is 5.88. The van der Waals surface area contributed by atoms with E-state index in [1.54, 1.807) is 24.7 Å². The van der Waals surface area contributed by atoms with Gasteiger partial charge < -0.3 is 10.7 Å². The minimum Gasteiger partial charge on any atom is -0.366 e. The van der Waals surface area contributed by atoms with Crippen molar-refractivity contribution in [2.45, 2.75) is 6.42 Å². The number of fused-ring (bicyclic) bond motifs is 1. The molecule has 2 heterocycles. The van der Waals surface area contributed by atoms with Gasteiger partial charge in [-0.1, -0.05) is 12.6 Å². The number of hydrogen-bond donors (Lipinski definition) is 2. The van der Waals surface area contributed by atoms with Gasteiger partial charge >= 0.3 is 0 Å². The molecule has 114 valence electrons. The molecule has 3 rings (SSSR count). The molecule has 3 aromatic rings. The lowest BCUT2D eigenvalue weighted by Crippen LogP contribution is -2.11. The highest BCUT2D eigenvalue weighted by atomic mass is 16.1. The van der Waals surface area contributed by atoms with Crippen LogP contribution in [0.15, 0.2) is 55.5 Å². The van der Waals surface area contributed by atoms with E-state index < -0.39 is 5.91 Å². The Bertz CT molecular complexity index is 925. The van der Waals surface area contributed by atoms with Gasteiger partial charge in [-0.3, -0.25) is 14.6 Å². The van der Waals surface area contributed by atoms with E-state index in [2.05, 4.69) is 16.5 Å². The highest BCUT2D eigenvalue weighted by Gasteiger charge is 2.13. The summed E-state index contributed by atoms with van der Waals surface area (Å²) in [4.78, 5) is 30.3. The molecule has 0 aliphatic carbocycles. The Morgan fingerprint density at radius 1 is 1.26 bits per heavy atom. The lowest BCUT2D eigenvalue weighted by molar-refractivity contribution is -0.114. The number of primary amides is 1. The summed E-state index contributed by atoms with van der Waals surface area (Å²) in [6.45, 7) is 3.48. The van der Waals surface area contributed by atoms with Crippen LogP contribution in [0.2, 0.25) is 0 Å². The van der Waals surface area contributed by atoms with E-state index >= 15 is 0 Å². The predicted octanol–water partition coefficient (Wildman–Crippen LogP) is 2.63. The molecule has 0 radical (unpaired) electrons. The summed E-state index contributed by atoms with van der Waals surface area (Å²) in [7, 11) is 0. The van der Waals surface area contributed by atoms with Crippen LogP contribution in [0.5, 0.6) is 0 Å². The van der Waals surface area contributed by atoms with Crippen LogP contribution < -0.4 is 5.73 Å². The first-order valence-electron chi connectivity index (χ1n) is 7.09. The molecule has 1 amide bonds. The van der Waals surface area contributed by atoms with Gasteiger partial charge in [-0.25, -0.2) is 0 Å². The second-order valence-electron chi connectivity index (χ2n) is 5.22. The molecule has 0 saturated carbocycles. The van der Waals surface area contributed by atoms with Crippen LogP contribution in [-0.4, -0.2) is 21.7 Å². The van der Waals surface area contributed by atoms with E-state index in [0.717, 1.165) is 22.1 Å². The Kier molecular flexibility index (Phi) is 3.76. The van der Waals surface area contributed by atoms with Gasteiger partial charge in [0, 0.05) is 36.0 Å². The molecule has 23 heavy (non-hydrogen) atoms. The normalized spacial score (nSPS) is 10.6. The average Bonchev–Trinajstić information content (AvgIpc) is 3.03. The third-order valence-corrected chi connectivity index (χ3v) is 3.70. The number of allylic oxidation sites excluding steroid dienone is 1. The van der Waals surface area contributed by atoms with E-state index in [-0.39, 0.29) is 12.2 Å². The highest BCUT2D eigenvalue weighted by molar-refractivity contribution is 6.09. The standard InChI is InChI=1S/C18H15N3O2/c1-2-13(22)8-11-7-12(10-20-9-11)14-3-4-16(18(19)23)17-15(14)5-6-21-17/h2-7,9-10,21H,1,8H2,(H2,19,23). The van der Waals surface area contributed by atoms with E-state index in [4.69, 9.17) is 5.73 Å². The molecular weight excluding hydrogens is 290 g/mol. The summed E-state index contributed by atoms with van der Waals surface area (Å²) in [5.74, 6) is -0.535. The number of carbonyl (C=O) groups is 2. The molecule has 0 fully saturated rings. The first-order chi connectivity index (χ1) is 11.1. The number of H-pyrrole nitrogens is 1. The number of aromatic nitrogens is 2. The highest BCUT2D eigenvalue weighted by Crippen LogP contribution is 2.30. The van der Waals surface area contributed by atoms with Crippen LogP contribution in [0, 0.1) is 0 Å². The van der Waals surface area contributed by atoms with Crippen molar-refractivity contribution in [2.75, 3.05) is 0 Å². The third kappa shape index (κ3) is 2.76. The maximum absolute atomic E-state index is 11.5. The van der Waals surface area contributed by atoms with E-state index in [1.165, 1.54) is 6.08 Å². The summed E-state index contributed by atoms with van der Waals surface area (Å²) in [5.41, 5.74) is 9.16. The van der Waals surface area contributed by atoms with Crippen molar-refractivity contribution in [3.05, 3.63) is 66.6 Å². The van der Waals surface area contributed by atoms with Gasteiger partial charge in [-0.15, -0.1) is 0 Å². The molecule has 0 saturated heterocycles. The van der Waals surface area contributed by atoms with Gasteiger partial charge in [0.2, 0.25) is 0 Å². The second-order valence-corrected chi connectivity index (χ2v) is 5.22. The van der Waals surface area contributed by atoms with Crippen molar-refractivity contribution in [3.63, 3.8) is 0 Å². The first-order valence-corrected chi connectivity index (χ1v) is 7.09. The van der Waals surface area contributed by atoms with Crippen LogP contribution >= 0.6 is 0 Å². The molecule has 3 N–H and O–H groups in total. The Labute approximate surface area is 132 Å². The van der Waals surface area contributed by atoms with Gasteiger partial charge in [-0.2, -0.15) is 0 Å². The van der Waals surface area contributed by atoms with Gasteiger partial charge in [-0.05, 0) is 35.4 Å². The fourth-order valence-corrected chi connectivity index (χ4v) is 2.62. The quantitative estimate of drug-likeness (QED) is 0.710. The zero-order valence-electron chi connectivity index (χ0n) is 12.4. The Morgan fingerprint density at radius 2 is 2.09 bits per heavy atom. The summed E-state index contributed by atoms with van der Waals surface area (Å²) < 4.78 is 0. The van der Waals surface area contributed by atoms with Crippen LogP contribution in [-0.2, 0) is 11.2 Å². The molecule has 2 aromatic heterocycles. The van der Waals surface area contributed by atoms with Crippen molar-refractivity contribution in [1.82, 2.24) is 9.97 Å². The SMILES string of the molecule is C=CC(=O)Cc1cncc(-c2ccc(C(N)=O)c3[nH]ccc23)c1. The average molecular weight is 305 g/mol. The zero-order valence-corrected chi connectivity index (χ0v) is 12.4. The molecular formula is C18H15N3O2. The minimum absolute atomic E-state index is 0.0557. The van der Waals surface area contributed by atoms with Crippen molar-refractivity contribution in [3.8, 4) is 11.1 Å². The predicted molar refractivity (Wildman–Crippen MR) is 89.0 cm³/mol. The molecule has 0 bridgehead atoms. The van der Waals surface area contributed by atoms with Crippen molar-refractivity contribution in [1.29, 1.82) is 0 Å². The Hall–Kier alpha value is -3.21. The number of hydrogen-bond acceptors (Lipinski definition) is 3. The van der Waals surface area contributed by atoms with Crippen molar-refractivity contribution < 1.29 is 9.59 Å². The lowest BCUT2D eigenvalue weighted by Gasteiger charge is -2.08. The number of benzene rings is 1. The Morgan fingerprint density at radius 3 is 2.83 bits per heavy atom. The van der Waals surface area contributed by atoms with E-state index in [9.17, 15) is 9.59 Å². The number of rotatable bonds is 5. The molecule has 0 atom stereocenters. The number of amides is 1. The number of aromatic amines is 1. The summed E-state index contributed by atoms with van der Waals surface area (Å²) >= 11 is 0. The molecule has 0 aliphatic rings. The molecule has 5 heteroatoms. The van der Waals surface area contributed by atoms with Gasteiger partial charge in [0.1, 0.15) is 0 Å². The van der Waals surface area contributed by atoms with Gasteiger partial charge in [0.15, 0.2) is 5.78 Å². The number of pyridine rings is 1. The first kappa shape index (κ1) is 14.7. The van der Waals surface area contributed by atoms with Crippen LogP contribution in [0.3, 0.4) is 0 Å². The van der Waals surface area contributed by atoms with Crippen molar-refractivity contribution in [2.24, 2.45) is 5.73 Å². The molecule has 1 aromatic carbocycles. The fraction of sp³-hybridized carbons (Fsp3) is 0.0556. The maximum atomic E-state index is 11.5. The zero-order chi connectivity index (χ0) is 16.4. The minimum atomic E-state index is -0.479. The topological polar surface area (TPSA) is 88.8 Å². The Balaban J connectivity index is 2.11. The van der Waals surface area contributed by atoms with Crippen LogP contribution in [0.1, 0.15) is 15.9 Å². The number of carbonyl (C=O) groups excluding carboxylic acids is 2. The van der Waals surface area contributed by atoms with Gasteiger partial charge in [0.25, 0.3) is 5.91 Å². The number of nitrogens with zero attached hydrogens (tertiary/aromatic N) is 1. The van der Waals surface area contributed by atoms with E-state index in [0.29, 0.717) is 11.1 Å². The van der Waals surface area contributed by atoms with Crippen LogP contribution in [0.4, 0.5) is 0 Å². The molecule has 0 spiro atoms. The summed E-state index contributed by atoms with van der Waals surface area (Å²) in [5, 5.41) is 0.885. The summed E-state index contributed by atoms with van der Waals surface area (Å²) in [6, 6.07) is 7.34. The molecule has 5 nitrogen and oxygen atoms in total. The van der Waals surface area contributed by atoms with Gasteiger partial charge in [0.05, 0.1) is 11.1 Å². The summed E-state index contributed by atoms with van der Waals surface area (Å²) in [6.07, 6.45) is 6.72. The molecule has 0 unspecified atom stereocenters. The van der Waals surface area contributed by atoms with Crippen LogP contribution in [0.25, 0.3) is 22.0 Å². The lowest BCUT2D eigenvalue weighted by atomic mass is 9.98. The fourth-order valence-electron chi connectivity index (χ4n) is 2.62.